The fourth-order valence-electron chi connectivity index (χ4n) is 9.17. The first-order valence-electron chi connectivity index (χ1n) is 12.8. The zero-order valence-corrected chi connectivity index (χ0v) is 20.5. The fraction of sp³-hybridized carbons (Fsp3) is 0.963. The summed E-state index contributed by atoms with van der Waals surface area (Å²) < 4.78 is 0. The van der Waals surface area contributed by atoms with Gasteiger partial charge in [0.2, 0.25) is 0 Å². The molecule has 4 rings (SSSR count). The Morgan fingerprint density at radius 3 is 2.40 bits per heavy atom. The van der Waals surface area contributed by atoms with Gasteiger partial charge in [0.1, 0.15) is 5.78 Å². The maximum atomic E-state index is 11.6. The van der Waals surface area contributed by atoms with Crippen molar-refractivity contribution in [2.45, 2.75) is 105 Å². The van der Waals surface area contributed by atoms with Crippen LogP contribution in [-0.2, 0) is 4.79 Å². The van der Waals surface area contributed by atoms with Crippen LogP contribution in [0.1, 0.15) is 98.8 Å². The number of Topliss-reactive ketones (excluding diaryl/α,β-unsaturated/α-hetero) is 1. The lowest BCUT2D eigenvalue weighted by Crippen LogP contribution is -2.56. The van der Waals surface area contributed by atoms with Crippen LogP contribution in [-0.4, -0.2) is 29.2 Å². The molecule has 3 nitrogen and oxygen atoms in total. The predicted molar refractivity (Wildman–Crippen MR) is 123 cm³/mol. The Morgan fingerprint density at radius 2 is 1.73 bits per heavy atom. The highest BCUT2D eigenvalue weighted by Gasteiger charge is 2.62. The molecule has 0 aromatic heterocycles. The number of aliphatic hydroxyl groups is 2. The Morgan fingerprint density at radius 1 is 1.03 bits per heavy atom. The fourth-order valence-corrected chi connectivity index (χ4v) is 9.17. The molecule has 0 saturated heterocycles. The lowest BCUT2D eigenvalue weighted by molar-refractivity contribution is -0.149. The van der Waals surface area contributed by atoms with Crippen molar-refractivity contribution in [2.75, 3.05) is 7.11 Å². The van der Waals surface area contributed by atoms with Crippen molar-refractivity contribution in [2.24, 2.45) is 52.3 Å². The van der Waals surface area contributed by atoms with Gasteiger partial charge in [-0.15, -0.1) is 0 Å². The van der Waals surface area contributed by atoms with Crippen molar-refractivity contribution in [3.05, 3.63) is 0 Å². The van der Waals surface area contributed by atoms with Gasteiger partial charge in [-0.05, 0) is 117 Å². The number of rotatable bonds is 4. The second-order valence-electron chi connectivity index (χ2n) is 12.0. The average Bonchev–Trinajstić information content (AvgIpc) is 3.08. The minimum Gasteiger partial charge on any atom is -0.400 e. The SMILES string of the molecule is CC(=O)CC[C@@H](C)C1CC[C@H]2C3CCC4C[C@H](O)CCC4(C)[C@H]3C[C@H](C)C12C.CO. The first kappa shape index (κ1) is 24.2. The third-order valence-electron chi connectivity index (χ3n) is 10.9. The number of carbonyl (C=O) groups excluding carboxylic acids is 1. The van der Waals surface area contributed by atoms with Crippen LogP contribution < -0.4 is 0 Å². The minimum atomic E-state index is -0.0427. The van der Waals surface area contributed by atoms with Gasteiger partial charge in [0.25, 0.3) is 0 Å². The number of ketones is 1. The van der Waals surface area contributed by atoms with Crippen LogP contribution in [0.3, 0.4) is 0 Å². The third-order valence-corrected chi connectivity index (χ3v) is 10.9. The van der Waals surface area contributed by atoms with Crippen LogP contribution in [0.25, 0.3) is 0 Å². The van der Waals surface area contributed by atoms with Crippen molar-refractivity contribution in [3.8, 4) is 0 Å². The molecule has 5 unspecified atom stereocenters. The summed E-state index contributed by atoms with van der Waals surface area (Å²) in [7, 11) is 1.00. The largest absolute Gasteiger partial charge is 0.400 e. The number of hydrogen-bond acceptors (Lipinski definition) is 3. The van der Waals surface area contributed by atoms with Gasteiger partial charge < -0.3 is 15.0 Å². The molecule has 3 heteroatoms. The van der Waals surface area contributed by atoms with E-state index in [0.29, 0.717) is 22.5 Å². The molecule has 174 valence electrons. The molecule has 10 atom stereocenters. The molecule has 0 spiro atoms. The number of fused-ring (bicyclic) bond motifs is 5. The molecule has 4 saturated carbocycles. The summed E-state index contributed by atoms with van der Waals surface area (Å²) in [6.45, 7) is 12.0. The molecule has 0 aliphatic heterocycles. The predicted octanol–water partition coefficient (Wildman–Crippen LogP) is 5.87. The van der Waals surface area contributed by atoms with Crippen molar-refractivity contribution in [1.29, 1.82) is 0 Å². The van der Waals surface area contributed by atoms with E-state index < -0.39 is 0 Å². The van der Waals surface area contributed by atoms with Gasteiger partial charge in [-0.3, -0.25) is 0 Å². The molecular weight excluding hydrogens is 372 g/mol. The van der Waals surface area contributed by atoms with Crippen molar-refractivity contribution >= 4 is 5.78 Å². The van der Waals surface area contributed by atoms with Gasteiger partial charge in [0, 0.05) is 13.5 Å². The Kier molecular flexibility index (Phi) is 7.45. The third kappa shape index (κ3) is 3.91. The monoisotopic (exact) mass is 420 g/mol. The van der Waals surface area contributed by atoms with E-state index in [9.17, 15) is 9.90 Å². The molecule has 0 heterocycles. The summed E-state index contributed by atoms with van der Waals surface area (Å²) in [6, 6.07) is 0. The van der Waals surface area contributed by atoms with Crippen molar-refractivity contribution in [1.82, 2.24) is 0 Å². The van der Waals surface area contributed by atoms with E-state index in [-0.39, 0.29) is 6.10 Å². The zero-order chi connectivity index (χ0) is 22.3. The maximum absolute atomic E-state index is 11.6. The van der Waals surface area contributed by atoms with Crippen LogP contribution in [0.15, 0.2) is 0 Å². The van der Waals surface area contributed by atoms with Crippen LogP contribution >= 0.6 is 0 Å². The molecule has 0 radical (unpaired) electrons. The second kappa shape index (κ2) is 9.22. The Hall–Kier alpha value is -0.410. The lowest BCUT2D eigenvalue weighted by atomic mass is 9.42. The van der Waals surface area contributed by atoms with E-state index in [1.165, 1.54) is 38.5 Å². The topological polar surface area (TPSA) is 57.5 Å². The van der Waals surface area contributed by atoms with Gasteiger partial charge in [-0.1, -0.05) is 27.7 Å². The molecule has 4 fully saturated rings. The van der Waals surface area contributed by atoms with Gasteiger partial charge in [-0.25, -0.2) is 0 Å². The Bertz CT molecular complexity index is 603. The van der Waals surface area contributed by atoms with E-state index in [4.69, 9.17) is 5.11 Å². The van der Waals surface area contributed by atoms with Gasteiger partial charge in [0.05, 0.1) is 6.10 Å². The summed E-state index contributed by atoms with van der Waals surface area (Å²) in [4.78, 5) is 11.6. The molecule has 2 N–H and O–H groups in total. The van der Waals surface area contributed by atoms with E-state index in [1.54, 1.807) is 6.92 Å². The van der Waals surface area contributed by atoms with Crippen LogP contribution in [0.4, 0.5) is 0 Å². The van der Waals surface area contributed by atoms with Gasteiger partial charge in [0.15, 0.2) is 0 Å². The summed E-state index contributed by atoms with van der Waals surface area (Å²) in [5.41, 5.74) is 0.935. The molecular formula is C27H48O3. The van der Waals surface area contributed by atoms with Crippen LogP contribution in [0.2, 0.25) is 0 Å². The van der Waals surface area contributed by atoms with Crippen molar-refractivity contribution in [3.63, 3.8) is 0 Å². The van der Waals surface area contributed by atoms with Crippen molar-refractivity contribution < 1.29 is 15.0 Å². The zero-order valence-electron chi connectivity index (χ0n) is 20.5. The first-order chi connectivity index (χ1) is 14.2. The molecule has 0 aromatic rings. The molecule has 4 aliphatic carbocycles. The smallest absolute Gasteiger partial charge is 0.129 e. The second-order valence-corrected chi connectivity index (χ2v) is 12.0. The highest BCUT2D eigenvalue weighted by molar-refractivity contribution is 5.75. The Labute approximate surface area is 185 Å². The highest BCUT2D eigenvalue weighted by Crippen LogP contribution is 2.69. The van der Waals surface area contributed by atoms with Crippen LogP contribution in [0.5, 0.6) is 0 Å². The standard InChI is InChI=1S/C26H44O2.CH4O/c1-16(6-7-18(3)27)22-10-11-23-21-9-8-19-15-20(28)12-13-25(19,4)24(21)14-17(2)26(22,23)5;1-2/h16-17,19-24,28H,6-15H2,1-5H3;2H,1H3/t16-,17+,19?,20-,21?,22?,23+,24+,25?,26?;/m1./s1. The summed E-state index contributed by atoms with van der Waals surface area (Å²) in [5, 5.41) is 17.3. The molecule has 0 aromatic carbocycles. The maximum Gasteiger partial charge on any atom is 0.129 e. The van der Waals surface area contributed by atoms with Crippen LogP contribution in [0, 0.1) is 52.3 Å². The molecule has 0 bridgehead atoms. The van der Waals surface area contributed by atoms with Gasteiger partial charge >= 0.3 is 0 Å². The summed E-state index contributed by atoms with van der Waals surface area (Å²) in [5.74, 6) is 6.03. The summed E-state index contributed by atoms with van der Waals surface area (Å²) in [6.07, 6.45) is 12.1. The van der Waals surface area contributed by atoms with E-state index in [1.807, 2.05) is 0 Å². The first-order valence-corrected chi connectivity index (χ1v) is 12.8. The Balaban J connectivity index is 0.00000124. The van der Waals surface area contributed by atoms with E-state index in [2.05, 4.69) is 27.7 Å². The number of carbonyl (C=O) groups is 1. The normalized spacial score (nSPS) is 48.5. The quantitative estimate of drug-likeness (QED) is 0.598. The minimum absolute atomic E-state index is 0.0427. The number of aliphatic hydroxyl groups excluding tert-OH is 2. The average molecular weight is 421 g/mol. The lowest BCUT2D eigenvalue weighted by Gasteiger charge is -2.63. The highest BCUT2D eigenvalue weighted by atomic mass is 16.3. The number of hydrogen-bond donors (Lipinski definition) is 2. The van der Waals surface area contributed by atoms with E-state index >= 15 is 0 Å². The molecule has 0 amide bonds. The van der Waals surface area contributed by atoms with Gasteiger partial charge in [-0.2, -0.15) is 0 Å². The molecule has 30 heavy (non-hydrogen) atoms. The van der Waals surface area contributed by atoms with E-state index in [0.717, 1.165) is 68.3 Å². The molecule has 4 aliphatic rings. The summed E-state index contributed by atoms with van der Waals surface area (Å²) >= 11 is 0.